The second-order valence-electron chi connectivity index (χ2n) is 5.43. The number of benzene rings is 1. The summed E-state index contributed by atoms with van der Waals surface area (Å²) in [6.45, 7) is 6.13. The molecule has 0 saturated heterocycles. The fraction of sp³-hybridized carbons (Fsp3) is 0.400. The van der Waals surface area contributed by atoms with E-state index in [0.29, 0.717) is 16.9 Å². The molecule has 3 N–H and O–H groups in total. The summed E-state index contributed by atoms with van der Waals surface area (Å²) in [6, 6.07) is 9.73. The fourth-order valence-electron chi connectivity index (χ4n) is 1.75. The largest absolute Gasteiger partial charge is 0.353 e. The van der Waals surface area contributed by atoms with Crippen molar-refractivity contribution in [2.24, 2.45) is 5.92 Å². The number of hydrogen-bond donors (Lipinski definition) is 2. The molecule has 1 amide bonds. The topological polar surface area (TPSA) is 85.8 Å². The van der Waals surface area contributed by atoms with Crippen molar-refractivity contribution in [1.29, 1.82) is 0 Å². The van der Waals surface area contributed by atoms with Crippen LogP contribution >= 0.6 is 11.8 Å². The molecule has 1 aromatic heterocycles. The summed E-state index contributed by atoms with van der Waals surface area (Å²) in [5.41, 5.74) is 0.891. The van der Waals surface area contributed by atoms with E-state index in [4.69, 9.17) is 5.84 Å². The predicted molar refractivity (Wildman–Crippen MR) is 88.8 cm³/mol. The maximum Gasteiger partial charge on any atom is 0.230 e. The first-order chi connectivity index (χ1) is 10.5. The molecule has 2 aromatic rings. The molecular weight excluding hydrogens is 298 g/mol. The van der Waals surface area contributed by atoms with E-state index in [9.17, 15) is 4.79 Å². The molecule has 0 aliphatic rings. The Balaban J connectivity index is 1.97. The number of rotatable bonds is 6. The molecule has 0 saturated carbocycles. The van der Waals surface area contributed by atoms with Gasteiger partial charge in [0.2, 0.25) is 11.1 Å². The molecule has 0 aliphatic carbocycles. The molecule has 7 heteroatoms. The van der Waals surface area contributed by atoms with Gasteiger partial charge in [-0.3, -0.25) is 4.79 Å². The Labute approximate surface area is 134 Å². The number of amides is 1. The minimum Gasteiger partial charge on any atom is -0.353 e. The quantitative estimate of drug-likeness (QED) is 0.627. The lowest BCUT2D eigenvalue weighted by atomic mass is 10.1. The predicted octanol–water partition coefficient (Wildman–Crippen LogP) is 1.91. The summed E-state index contributed by atoms with van der Waals surface area (Å²) in [7, 11) is 0. The van der Waals surface area contributed by atoms with Gasteiger partial charge in [0.1, 0.15) is 0 Å². The standard InChI is InChI=1S/C15H21N5OS/c1-10(2)11(3)17-13(21)9-22-15-19-18-14(20(15)16)12-7-5-4-6-8-12/h4-8,10-11H,9,16H2,1-3H3,(H,17,21). The lowest BCUT2D eigenvalue weighted by molar-refractivity contribution is -0.119. The van der Waals surface area contributed by atoms with Crippen molar-refractivity contribution >= 4 is 17.7 Å². The van der Waals surface area contributed by atoms with Crippen LogP contribution in [0.4, 0.5) is 0 Å². The number of nitrogens with zero attached hydrogens (tertiary/aromatic N) is 3. The fourth-order valence-corrected chi connectivity index (χ4v) is 2.42. The van der Waals surface area contributed by atoms with Gasteiger partial charge in [-0.1, -0.05) is 55.9 Å². The Morgan fingerprint density at radius 2 is 1.95 bits per heavy atom. The van der Waals surface area contributed by atoms with Crippen LogP contribution in [-0.2, 0) is 4.79 Å². The van der Waals surface area contributed by atoms with Crippen molar-refractivity contribution in [1.82, 2.24) is 20.2 Å². The van der Waals surface area contributed by atoms with E-state index in [1.165, 1.54) is 16.4 Å². The highest BCUT2D eigenvalue weighted by molar-refractivity contribution is 7.99. The number of hydrogen-bond acceptors (Lipinski definition) is 5. The van der Waals surface area contributed by atoms with Gasteiger partial charge in [-0.05, 0) is 12.8 Å². The number of carbonyl (C=O) groups excluding carboxylic acids is 1. The summed E-state index contributed by atoms with van der Waals surface area (Å²) < 4.78 is 1.42. The summed E-state index contributed by atoms with van der Waals surface area (Å²) in [4.78, 5) is 11.9. The molecule has 1 heterocycles. The summed E-state index contributed by atoms with van der Waals surface area (Å²) >= 11 is 1.28. The van der Waals surface area contributed by atoms with Gasteiger partial charge in [0.15, 0.2) is 5.82 Å². The van der Waals surface area contributed by atoms with Crippen LogP contribution in [0.15, 0.2) is 35.5 Å². The normalized spacial score (nSPS) is 12.4. The minimum atomic E-state index is -0.0320. The van der Waals surface area contributed by atoms with Crippen LogP contribution in [0.25, 0.3) is 11.4 Å². The van der Waals surface area contributed by atoms with Crippen molar-refractivity contribution in [2.75, 3.05) is 11.6 Å². The summed E-state index contributed by atoms with van der Waals surface area (Å²) in [5, 5.41) is 11.6. The molecule has 1 aromatic carbocycles. The van der Waals surface area contributed by atoms with E-state index in [0.717, 1.165) is 5.56 Å². The first-order valence-electron chi connectivity index (χ1n) is 7.17. The van der Waals surface area contributed by atoms with Crippen molar-refractivity contribution in [3.8, 4) is 11.4 Å². The average molecular weight is 319 g/mol. The molecule has 118 valence electrons. The molecule has 0 fully saturated rings. The number of nitrogen functional groups attached to an aromatic ring is 1. The van der Waals surface area contributed by atoms with Gasteiger partial charge < -0.3 is 11.2 Å². The molecular formula is C15H21N5OS. The van der Waals surface area contributed by atoms with Gasteiger partial charge in [-0.2, -0.15) is 0 Å². The monoisotopic (exact) mass is 319 g/mol. The molecule has 1 unspecified atom stereocenters. The lowest BCUT2D eigenvalue weighted by Gasteiger charge is -2.16. The molecule has 0 bridgehead atoms. The van der Waals surface area contributed by atoms with Crippen LogP contribution in [0.2, 0.25) is 0 Å². The molecule has 0 radical (unpaired) electrons. The minimum absolute atomic E-state index is 0.0320. The maximum atomic E-state index is 11.9. The van der Waals surface area contributed by atoms with Crippen LogP contribution in [0.1, 0.15) is 20.8 Å². The second kappa shape index (κ2) is 7.31. The van der Waals surface area contributed by atoms with E-state index >= 15 is 0 Å². The highest BCUT2D eigenvalue weighted by Crippen LogP contribution is 2.21. The Hall–Kier alpha value is -2.02. The Morgan fingerprint density at radius 1 is 1.27 bits per heavy atom. The molecule has 22 heavy (non-hydrogen) atoms. The van der Waals surface area contributed by atoms with Crippen LogP contribution in [0.3, 0.4) is 0 Å². The zero-order valence-corrected chi connectivity index (χ0v) is 13.8. The zero-order valence-electron chi connectivity index (χ0n) is 13.0. The second-order valence-corrected chi connectivity index (χ2v) is 6.37. The van der Waals surface area contributed by atoms with Crippen LogP contribution < -0.4 is 11.2 Å². The number of nitrogens with two attached hydrogens (primary N) is 1. The zero-order chi connectivity index (χ0) is 16.1. The third-order valence-electron chi connectivity index (χ3n) is 3.42. The van der Waals surface area contributed by atoms with E-state index < -0.39 is 0 Å². The van der Waals surface area contributed by atoms with Crippen LogP contribution in [0.5, 0.6) is 0 Å². The van der Waals surface area contributed by atoms with Crippen molar-refractivity contribution in [2.45, 2.75) is 32.0 Å². The van der Waals surface area contributed by atoms with Crippen LogP contribution in [0, 0.1) is 5.92 Å². The van der Waals surface area contributed by atoms with E-state index in [2.05, 4.69) is 29.4 Å². The number of carbonyl (C=O) groups is 1. The smallest absolute Gasteiger partial charge is 0.230 e. The Morgan fingerprint density at radius 3 is 2.59 bits per heavy atom. The maximum absolute atomic E-state index is 11.9. The average Bonchev–Trinajstić information content (AvgIpc) is 2.87. The molecule has 6 nitrogen and oxygen atoms in total. The molecule has 0 spiro atoms. The first kappa shape index (κ1) is 16.4. The summed E-state index contributed by atoms with van der Waals surface area (Å²) in [6.07, 6.45) is 0. The summed E-state index contributed by atoms with van der Waals surface area (Å²) in [5.74, 6) is 7.23. The molecule has 0 aliphatic heterocycles. The van der Waals surface area contributed by atoms with E-state index in [1.54, 1.807) is 0 Å². The van der Waals surface area contributed by atoms with Gasteiger partial charge >= 0.3 is 0 Å². The van der Waals surface area contributed by atoms with E-state index in [1.807, 2.05) is 37.3 Å². The SMILES string of the molecule is CC(C)C(C)NC(=O)CSc1nnc(-c2ccccc2)n1N. The number of thioether (sulfide) groups is 1. The van der Waals surface area contributed by atoms with Gasteiger partial charge in [0, 0.05) is 11.6 Å². The number of nitrogens with one attached hydrogen (secondary N) is 1. The molecule has 1 atom stereocenters. The Kier molecular flexibility index (Phi) is 5.43. The van der Waals surface area contributed by atoms with Crippen molar-refractivity contribution in [3.05, 3.63) is 30.3 Å². The van der Waals surface area contributed by atoms with Gasteiger partial charge in [0.05, 0.1) is 5.75 Å². The molecule has 2 rings (SSSR count). The van der Waals surface area contributed by atoms with E-state index in [-0.39, 0.29) is 17.7 Å². The van der Waals surface area contributed by atoms with Gasteiger partial charge in [-0.15, -0.1) is 10.2 Å². The highest BCUT2D eigenvalue weighted by Gasteiger charge is 2.15. The third-order valence-corrected chi connectivity index (χ3v) is 4.36. The highest BCUT2D eigenvalue weighted by atomic mass is 32.2. The van der Waals surface area contributed by atoms with Crippen molar-refractivity contribution < 1.29 is 4.79 Å². The van der Waals surface area contributed by atoms with Crippen molar-refractivity contribution in [3.63, 3.8) is 0 Å². The first-order valence-corrected chi connectivity index (χ1v) is 8.15. The number of aromatic nitrogens is 3. The van der Waals surface area contributed by atoms with Gasteiger partial charge in [0.25, 0.3) is 0 Å². The van der Waals surface area contributed by atoms with Crippen LogP contribution in [-0.4, -0.2) is 32.6 Å². The lowest BCUT2D eigenvalue weighted by Crippen LogP contribution is -2.37. The Bertz CT molecular complexity index is 626. The van der Waals surface area contributed by atoms with Gasteiger partial charge in [-0.25, -0.2) is 4.68 Å². The third kappa shape index (κ3) is 4.00.